The highest BCUT2D eigenvalue weighted by molar-refractivity contribution is 7.99. The molecular formula is C10H15N3O2S. The topological polar surface area (TPSA) is 75.1 Å². The maximum atomic E-state index is 11.7. The van der Waals surface area contributed by atoms with Gasteiger partial charge in [-0.05, 0) is 13.2 Å². The minimum absolute atomic E-state index is 0.0133. The van der Waals surface area contributed by atoms with Crippen LogP contribution in [0, 0.1) is 0 Å². The number of carbonyl (C=O) groups is 1. The first-order chi connectivity index (χ1) is 7.69. The highest BCUT2D eigenvalue weighted by Gasteiger charge is 2.18. The zero-order valence-electron chi connectivity index (χ0n) is 9.25. The lowest BCUT2D eigenvalue weighted by Crippen LogP contribution is -2.41. The quantitative estimate of drug-likeness (QED) is 0.776. The third kappa shape index (κ3) is 3.46. The van der Waals surface area contributed by atoms with Gasteiger partial charge in [0.25, 0.3) is 5.91 Å². The van der Waals surface area contributed by atoms with Gasteiger partial charge in [0.1, 0.15) is 5.69 Å². The van der Waals surface area contributed by atoms with Crippen LogP contribution in [0.5, 0.6) is 0 Å². The lowest BCUT2D eigenvalue weighted by atomic mass is 10.2. The van der Waals surface area contributed by atoms with E-state index < -0.39 is 0 Å². The number of aliphatic hydroxyl groups excluding tert-OH is 1. The summed E-state index contributed by atoms with van der Waals surface area (Å²) in [6.07, 6.45) is 6.29. The minimum atomic E-state index is -0.270. The first-order valence-electron chi connectivity index (χ1n) is 4.89. The average Bonchev–Trinajstić information content (AvgIpc) is 2.31. The van der Waals surface area contributed by atoms with Crippen LogP contribution in [0.1, 0.15) is 17.4 Å². The Kier molecular flexibility index (Phi) is 5.21. The molecule has 1 aromatic rings. The molecule has 2 N–H and O–H groups in total. The number of aromatic nitrogens is 2. The molecule has 0 spiro atoms. The molecule has 1 heterocycles. The number of amides is 1. The molecule has 0 aliphatic rings. The van der Waals surface area contributed by atoms with E-state index in [1.165, 1.54) is 30.4 Å². The number of thioether (sulfide) groups is 1. The van der Waals surface area contributed by atoms with E-state index in [1.54, 1.807) is 0 Å². The van der Waals surface area contributed by atoms with E-state index in [2.05, 4.69) is 15.3 Å². The standard InChI is InChI=1S/C10H15N3O2S/c1-7(9(6-14)16-2)13-10(15)8-5-11-3-4-12-8/h3-5,7,9,14H,6H2,1-2H3,(H,13,15). The van der Waals surface area contributed by atoms with Crippen LogP contribution in [0.25, 0.3) is 0 Å². The zero-order chi connectivity index (χ0) is 12.0. The molecule has 0 saturated heterocycles. The van der Waals surface area contributed by atoms with Crippen LogP contribution in [-0.4, -0.2) is 45.1 Å². The number of aliphatic hydroxyl groups is 1. The fraction of sp³-hybridized carbons (Fsp3) is 0.500. The molecule has 2 unspecified atom stereocenters. The summed E-state index contributed by atoms with van der Waals surface area (Å²) in [7, 11) is 0. The van der Waals surface area contributed by atoms with Crippen LogP contribution in [0.3, 0.4) is 0 Å². The second kappa shape index (κ2) is 6.44. The summed E-state index contributed by atoms with van der Waals surface area (Å²) in [6.45, 7) is 1.88. The highest BCUT2D eigenvalue weighted by Crippen LogP contribution is 2.10. The molecular weight excluding hydrogens is 226 g/mol. The summed E-state index contributed by atoms with van der Waals surface area (Å²) < 4.78 is 0. The molecule has 16 heavy (non-hydrogen) atoms. The predicted molar refractivity (Wildman–Crippen MR) is 63.3 cm³/mol. The van der Waals surface area contributed by atoms with Gasteiger partial charge < -0.3 is 10.4 Å². The van der Waals surface area contributed by atoms with Crippen molar-refractivity contribution in [3.63, 3.8) is 0 Å². The molecule has 2 atom stereocenters. The van der Waals surface area contributed by atoms with Crippen LogP contribution in [0.2, 0.25) is 0 Å². The summed E-state index contributed by atoms with van der Waals surface area (Å²) in [5.41, 5.74) is 0.284. The fourth-order valence-corrected chi connectivity index (χ4v) is 1.85. The number of hydrogen-bond donors (Lipinski definition) is 2. The molecule has 1 aromatic heterocycles. The summed E-state index contributed by atoms with van der Waals surface area (Å²) >= 11 is 1.51. The molecule has 0 saturated carbocycles. The number of nitrogens with zero attached hydrogens (tertiary/aromatic N) is 2. The Balaban J connectivity index is 2.58. The highest BCUT2D eigenvalue weighted by atomic mass is 32.2. The average molecular weight is 241 g/mol. The molecule has 0 aliphatic heterocycles. The van der Waals surface area contributed by atoms with Gasteiger partial charge in [-0.3, -0.25) is 9.78 Å². The van der Waals surface area contributed by atoms with Crippen LogP contribution < -0.4 is 5.32 Å². The van der Waals surface area contributed by atoms with Gasteiger partial charge in [-0.1, -0.05) is 0 Å². The smallest absolute Gasteiger partial charge is 0.271 e. The molecule has 0 radical (unpaired) electrons. The van der Waals surface area contributed by atoms with Crippen molar-refractivity contribution < 1.29 is 9.90 Å². The maximum Gasteiger partial charge on any atom is 0.271 e. The van der Waals surface area contributed by atoms with Crippen LogP contribution in [0.4, 0.5) is 0 Å². The van der Waals surface area contributed by atoms with Crippen LogP contribution in [0.15, 0.2) is 18.6 Å². The molecule has 1 amide bonds. The molecule has 5 nitrogen and oxygen atoms in total. The van der Waals surface area contributed by atoms with Crippen molar-refractivity contribution in [3.8, 4) is 0 Å². The van der Waals surface area contributed by atoms with E-state index >= 15 is 0 Å². The SMILES string of the molecule is CSC(CO)C(C)NC(=O)c1cnccn1. The fourth-order valence-electron chi connectivity index (χ4n) is 1.23. The first kappa shape index (κ1) is 12.9. The largest absolute Gasteiger partial charge is 0.395 e. The number of nitrogens with one attached hydrogen (secondary N) is 1. The van der Waals surface area contributed by atoms with Crippen molar-refractivity contribution in [1.29, 1.82) is 0 Å². The van der Waals surface area contributed by atoms with E-state index in [9.17, 15) is 4.79 Å². The number of rotatable bonds is 5. The molecule has 6 heteroatoms. The predicted octanol–water partition coefficient (Wildman–Crippen LogP) is 0.319. The number of hydrogen-bond acceptors (Lipinski definition) is 5. The Morgan fingerprint density at radius 3 is 2.88 bits per heavy atom. The third-order valence-corrected chi connectivity index (χ3v) is 3.36. The Bertz CT molecular complexity index is 330. The van der Waals surface area contributed by atoms with Gasteiger partial charge in [0.2, 0.25) is 0 Å². The van der Waals surface area contributed by atoms with E-state index in [0.717, 1.165) is 0 Å². The summed E-state index contributed by atoms with van der Waals surface area (Å²) in [5.74, 6) is -0.270. The zero-order valence-corrected chi connectivity index (χ0v) is 10.1. The maximum absolute atomic E-state index is 11.7. The molecule has 1 rings (SSSR count). The Labute approximate surface area is 98.7 Å². The van der Waals surface area contributed by atoms with E-state index in [0.29, 0.717) is 0 Å². The van der Waals surface area contributed by atoms with Gasteiger partial charge in [0, 0.05) is 23.7 Å². The van der Waals surface area contributed by atoms with E-state index in [-0.39, 0.29) is 29.5 Å². The molecule has 0 aromatic carbocycles. The monoisotopic (exact) mass is 241 g/mol. The van der Waals surface area contributed by atoms with Crippen molar-refractivity contribution in [2.45, 2.75) is 18.2 Å². The van der Waals surface area contributed by atoms with Gasteiger partial charge in [0.05, 0.1) is 12.8 Å². The minimum Gasteiger partial charge on any atom is -0.395 e. The van der Waals surface area contributed by atoms with Gasteiger partial charge >= 0.3 is 0 Å². The van der Waals surface area contributed by atoms with Crippen molar-refractivity contribution in [1.82, 2.24) is 15.3 Å². The number of carbonyl (C=O) groups excluding carboxylic acids is 1. The molecule has 88 valence electrons. The first-order valence-corrected chi connectivity index (χ1v) is 6.18. The van der Waals surface area contributed by atoms with Crippen molar-refractivity contribution in [2.75, 3.05) is 12.9 Å². The molecule has 0 bridgehead atoms. The normalized spacial score (nSPS) is 14.2. The van der Waals surface area contributed by atoms with Gasteiger partial charge in [-0.15, -0.1) is 0 Å². The summed E-state index contributed by atoms with van der Waals surface area (Å²) in [6, 6.07) is -0.116. The van der Waals surface area contributed by atoms with Gasteiger partial charge in [0.15, 0.2) is 0 Å². The second-order valence-electron chi connectivity index (χ2n) is 3.31. The Morgan fingerprint density at radius 2 is 2.38 bits per heavy atom. The van der Waals surface area contributed by atoms with Gasteiger partial charge in [-0.2, -0.15) is 11.8 Å². The second-order valence-corrected chi connectivity index (χ2v) is 4.39. The van der Waals surface area contributed by atoms with E-state index in [1.807, 2.05) is 13.2 Å². The van der Waals surface area contributed by atoms with Gasteiger partial charge in [-0.25, -0.2) is 4.98 Å². The van der Waals surface area contributed by atoms with Crippen LogP contribution >= 0.6 is 11.8 Å². The van der Waals surface area contributed by atoms with Crippen molar-refractivity contribution >= 4 is 17.7 Å². The Morgan fingerprint density at radius 1 is 1.62 bits per heavy atom. The Hall–Kier alpha value is -1.14. The summed E-state index contributed by atoms with van der Waals surface area (Å²) in [5, 5.41) is 11.8. The lowest BCUT2D eigenvalue weighted by molar-refractivity contribution is 0.0930. The molecule has 0 fully saturated rings. The van der Waals surface area contributed by atoms with Crippen molar-refractivity contribution in [2.24, 2.45) is 0 Å². The third-order valence-electron chi connectivity index (χ3n) is 2.19. The van der Waals surface area contributed by atoms with E-state index in [4.69, 9.17) is 5.11 Å². The lowest BCUT2D eigenvalue weighted by Gasteiger charge is -2.20. The van der Waals surface area contributed by atoms with Crippen LogP contribution in [-0.2, 0) is 0 Å². The molecule has 0 aliphatic carbocycles. The summed E-state index contributed by atoms with van der Waals surface area (Å²) in [4.78, 5) is 19.4. The van der Waals surface area contributed by atoms with Crippen molar-refractivity contribution in [3.05, 3.63) is 24.3 Å².